The first-order valence-electron chi connectivity index (χ1n) is 5.69. The number of carbonyl (C=O) groups is 1. The molecule has 0 atom stereocenters. The van der Waals surface area contributed by atoms with Gasteiger partial charge in [-0.3, -0.25) is 9.78 Å². The molecule has 0 saturated heterocycles. The zero-order valence-corrected chi connectivity index (χ0v) is 14.3. The molecule has 2 rings (SSSR count). The highest BCUT2D eigenvalue weighted by atomic mass is 79.9. The number of amides is 1. The fraction of sp³-hybridized carbons (Fsp3) is 0.0909. The number of nitrogens with one attached hydrogen (secondary N) is 1. The summed E-state index contributed by atoms with van der Waals surface area (Å²) in [6.45, 7) is 0. The van der Waals surface area contributed by atoms with Crippen LogP contribution in [0.2, 0.25) is 5.15 Å². The van der Waals surface area contributed by atoms with E-state index in [9.17, 15) is 4.79 Å². The third kappa shape index (κ3) is 3.90. The maximum absolute atomic E-state index is 12.0. The van der Waals surface area contributed by atoms with Crippen molar-refractivity contribution in [3.05, 3.63) is 33.6 Å². The zero-order chi connectivity index (χ0) is 16.1. The Kier molecular flexibility index (Phi) is 5.63. The highest BCUT2D eigenvalue weighted by Gasteiger charge is 2.20. The monoisotopic (exact) mass is 401 g/mol. The predicted octanol–water partition coefficient (Wildman–Crippen LogP) is 3.22. The van der Waals surface area contributed by atoms with E-state index in [-0.39, 0.29) is 16.5 Å². The minimum absolute atomic E-state index is 0.0198. The lowest BCUT2D eigenvalue weighted by molar-refractivity contribution is 0.0993. The summed E-state index contributed by atoms with van der Waals surface area (Å²) in [4.78, 5) is 24.2. The van der Waals surface area contributed by atoms with Gasteiger partial charge in [-0.2, -0.15) is 0 Å². The Morgan fingerprint density at radius 1 is 1.45 bits per heavy atom. The number of hydrogen-bond donors (Lipinski definition) is 2. The van der Waals surface area contributed by atoms with Gasteiger partial charge in [0, 0.05) is 10.7 Å². The van der Waals surface area contributed by atoms with Gasteiger partial charge in [0.25, 0.3) is 0 Å². The number of thioether (sulfide) groups is 1. The van der Waals surface area contributed by atoms with Gasteiger partial charge >= 0.3 is 5.91 Å². The van der Waals surface area contributed by atoms with E-state index in [1.54, 1.807) is 24.7 Å². The lowest BCUT2D eigenvalue weighted by Gasteiger charge is -2.11. The molecule has 0 aromatic carbocycles. The summed E-state index contributed by atoms with van der Waals surface area (Å²) in [5.74, 6) is 4.36. The predicted molar refractivity (Wildman–Crippen MR) is 87.4 cm³/mol. The molecule has 0 radical (unpaired) electrons. The van der Waals surface area contributed by atoms with Crippen molar-refractivity contribution >= 4 is 56.7 Å². The molecule has 0 unspecified atom stereocenters. The number of carbonyl (C=O) groups excluding carboxylic acids is 1. The number of halogens is 2. The first-order valence-corrected chi connectivity index (χ1v) is 8.09. The molecular weight excluding hydrogens is 394 g/mol. The van der Waals surface area contributed by atoms with E-state index in [0.717, 1.165) is 4.47 Å². The summed E-state index contributed by atoms with van der Waals surface area (Å²) in [5.41, 5.74) is 0.587. The second kappa shape index (κ2) is 7.47. The van der Waals surface area contributed by atoms with Gasteiger partial charge in [-0.1, -0.05) is 33.7 Å². The third-order valence-corrected chi connectivity index (χ3v) is 3.61. The van der Waals surface area contributed by atoms with E-state index in [4.69, 9.17) is 17.4 Å². The zero-order valence-electron chi connectivity index (χ0n) is 11.1. The molecule has 11 heteroatoms. The fourth-order valence-electron chi connectivity index (χ4n) is 1.50. The molecule has 2 aromatic heterocycles. The highest BCUT2D eigenvalue weighted by Crippen LogP contribution is 2.28. The van der Waals surface area contributed by atoms with Crippen LogP contribution in [0.25, 0.3) is 0 Å². The van der Waals surface area contributed by atoms with Crippen molar-refractivity contribution in [1.29, 1.82) is 0 Å². The van der Waals surface area contributed by atoms with Gasteiger partial charge in [0.15, 0.2) is 5.16 Å². The van der Waals surface area contributed by atoms with E-state index in [1.807, 2.05) is 0 Å². The van der Waals surface area contributed by atoms with Gasteiger partial charge in [0.05, 0.1) is 11.9 Å². The molecule has 1 amide bonds. The van der Waals surface area contributed by atoms with Gasteiger partial charge in [-0.05, 0) is 28.3 Å². The van der Waals surface area contributed by atoms with Crippen molar-refractivity contribution in [1.82, 2.24) is 15.0 Å². The van der Waals surface area contributed by atoms with Gasteiger partial charge in [-0.25, -0.2) is 9.97 Å². The molecule has 114 valence electrons. The van der Waals surface area contributed by atoms with Gasteiger partial charge in [-0.15, -0.1) is 0 Å². The molecule has 0 aliphatic carbocycles. The second-order valence-corrected chi connectivity index (χ2v) is 5.81. The molecule has 0 fully saturated rings. The Balaban J connectivity index is 2.51. The van der Waals surface area contributed by atoms with Crippen LogP contribution < -0.4 is 11.2 Å². The molecule has 22 heavy (non-hydrogen) atoms. The van der Waals surface area contributed by atoms with Crippen LogP contribution in [0, 0.1) is 0 Å². The average Bonchev–Trinajstić information content (AvgIpc) is 2.46. The van der Waals surface area contributed by atoms with Crippen LogP contribution in [0.15, 0.2) is 38.4 Å². The normalized spacial score (nSPS) is 10.9. The van der Waals surface area contributed by atoms with Crippen LogP contribution in [0.3, 0.4) is 0 Å². The number of aromatic nitrogens is 3. The summed E-state index contributed by atoms with van der Waals surface area (Å²) in [5, 5.41) is 9.55. The summed E-state index contributed by atoms with van der Waals surface area (Å²) in [6, 6.07) is 1.76. The molecular formula is C11H9BrClN7OS. The number of hydrogen-bond acceptors (Lipinski definition) is 7. The lowest BCUT2D eigenvalue weighted by atomic mass is 10.3. The number of nitrogens with two attached hydrogens (primary N) is 1. The topological polar surface area (TPSA) is 119 Å². The molecule has 2 aromatic rings. The quantitative estimate of drug-likeness (QED) is 0.201. The fourth-order valence-corrected chi connectivity index (χ4v) is 2.54. The summed E-state index contributed by atoms with van der Waals surface area (Å²) in [6.07, 6.45) is 4.98. The Labute approximate surface area is 143 Å². The summed E-state index contributed by atoms with van der Waals surface area (Å²) >= 11 is 10.6. The second-order valence-electron chi connectivity index (χ2n) is 3.76. The Bertz CT molecular complexity index is 742. The molecule has 0 aliphatic heterocycles. The van der Waals surface area contributed by atoms with Gasteiger partial charge in [0.2, 0.25) is 0 Å². The average molecular weight is 403 g/mol. The largest absolute Gasteiger partial charge is 0.338 e. The number of nitrogens with zero attached hydrogens (tertiary/aromatic N) is 5. The standard InChI is InChI=1S/C11H9BrClN7OS/c1-22-11-17-8(13)7(10(21)19-20-14)9(18-11)16-6-2-5(12)3-15-4-6/h2-4H,1H3,(H2,14,19,21)(H,16,17,18). The van der Waals surface area contributed by atoms with Gasteiger partial charge in [0.1, 0.15) is 16.5 Å². The molecule has 0 saturated carbocycles. The van der Waals surface area contributed by atoms with Crippen molar-refractivity contribution in [2.75, 3.05) is 11.6 Å². The smallest absolute Gasteiger partial charge is 0.303 e. The van der Waals surface area contributed by atoms with Crippen LogP contribution in [0.4, 0.5) is 11.5 Å². The van der Waals surface area contributed by atoms with Crippen LogP contribution >= 0.6 is 39.3 Å². The number of rotatable bonds is 4. The van der Waals surface area contributed by atoms with Crippen molar-refractivity contribution in [3.8, 4) is 0 Å². The molecule has 0 bridgehead atoms. The van der Waals surface area contributed by atoms with Crippen molar-refractivity contribution < 1.29 is 4.79 Å². The van der Waals surface area contributed by atoms with E-state index in [0.29, 0.717) is 10.8 Å². The summed E-state index contributed by atoms with van der Waals surface area (Å²) < 4.78 is 0.761. The van der Waals surface area contributed by atoms with E-state index in [2.05, 4.69) is 46.5 Å². The van der Waals surface area contributed by atoms with E-state index < -0.39 is 5.91 Å². The van der Waals surface area contributed by atoms with Gasteiger partial charge < -0.3 is 11.2 Å². The number of pyridine rings is 1. The molecule has 8 nitrogen and oxygen atoms in total. The minimum atomic E-state index is -0.745. The highest BCUT2D eigenvalue weighted by molar-refractivity contribution is 9.10. The van der Waals surface area contributed by atoms with E-state index in [1.165, 1.54) is 11.8 Å². The Hall–Kier alpha value is -1.78. The Morgan fingerprint density at radius 3 is 2.86 bits per heavy atom. The first kappa shape index (κ1) is 16.6. The molecule has 0 aliphatic rings. The van der Waals surface area contributed by atoms with Crippen molar-refractivity contribution in [3.63, 3.8) is 0 Å². The van der Waals surface area contributed by atoms with Crippen LogP contribution in [-0.2, 0) is 0 Å². The van der Waals surface area contributed by atoms with Crippen LogP contribution in [0.5, 0.6) is 0 Å². The van der Waals surface area contributed by atoms with Crippen molar-refractivity contribution in [2.24, 2.45) is 16.2 Å². The van der Waals surface area contributed by atoms with Crippen LogP contribution in [0.1, 0.15) is 10.4 Å². The minimum Gasteiger partial charge on any atom is -0.338 e. The SMILES string of the molecule is CSc1nc(Cl)c(C(=O)N=NN)c(Nc2cncc(Br)c2)n1. The Morgan fingerprint density at radius 2 is 2.23 bits per heavy atom. The number of anilines is 2. The van der Waals surface area contributed by atoms with E-state index >= 15 is 0 Å². The molecule has 0 spiro atoms. The molecule has 3 N–H and O–H groups in total. The maximum atomic E-state index is 12.0. The summed E-state index contributed by atoms with van der Waals surface area (Å²) in [7, 11) is 0. The lowest BCUT2D eigenvalue weighted by Crippen LogP contribution is -2.08. The first-order chi connectivity index (χ1) is 10.5. The molecule has 2 heterocycles. The van der Waals surface area contributed by atoms with Crippen molar-refractivity contribution in [2.45, 2.75) is 5.16 Å². The third-order valence-electron chi connectivity index (χ3n) is 2.36. The maximum Gasteiger partial charge on any atom is 0.303 e. The van der Waals surface area contributed by atoms with Crippen LogP contribution in [-0.4, -0.2) is 27.1 Å².